The van der Waals surface area contributed by atoms with E-state index >= 15 is 0 Å². The number of nitrogens with zero attached hydrogens (tertiary/aromatic N) is 3. The Morgan fingerprint density at radius 1 is 0.892 bits per heavy atom. The van der Waals surface area contributed by atoms with Gasteiger partial charge < -0.3 is 50.2 Å². The van der Waals surface area contributed by atoms with Crippen molar-refractivity contribution in [1.29, 1.82) is 0 Å². The molecule has 0 unspecified atom stereocenters. The second kappa shape index (κ2) is 27.6. The highest BCUT2D eigenvalue weighted by Gasteiger charge is 2.32. The number of amides is 4. The van der Waals surface area contributed by atoms with Crippen LogP contribution in [-0.2, 0) is 35.5 Å². The molecule has 0 aliphatic carbocycles. The predicted octanol–water partition coefficient (Wildman–Crippen LogP) is 9.23. The van der Waals surface area contributed by atoms with Gasteiger partial charge in [-0.2, -0.15) is 0 Å². The van der Waals surface area contributed by atoms with Gasteiger partial charge in [0.25, 0.3) is 0 Å². The van der Waals surface area contributed by atoms with Crippen molar-refractivity contribution in [2.24, 2.45) is 11.8 Å². The standard InChI is InChI=1S/C37H48N6O5S2.C19H20FNO3/c1-24(2)33(42-36(46)43(5)20-29-22-49-35(40-29)25(3)4)34(45)39-28(16-26-12-8-6-9-13-26)18-32(44)31(17-27-14-10-7-11-15-27)41-37(47)48-21-30-19-38-23-50-30;20-15-3-1-13(2-4-15)17-7-8-21-10-14(17)11-22-16-5-6-18-19(9-16)24-12-23-18/h6-15,19,22-25,28,31-33,44H,16-18,20-21H2,1-5H3,(H,39,45)(H,41,47)(H,42,46);1-6,9,14,17,21H,7-8,10-12H2/t28-,31-,32-,33-;14-,17-/m00/s1. The lowest BCUT2D eigenvalue weighted by atomic mass is 9.81. The molecule has 5 N–H and O–H groups in total. The van der Waals surface area contributed by atoms with E-state index in [0.717, 1.165) is 63.5 Å². The van der Waals surface area contributed by atoms with Crippen molar-refractivity contribution < 1.29 is 42.8 Å². The molecule has 2 aliphatic heterocycles. The molecule has 394 valence electrons. The number of nitrogens with one attached hydrogen (secondary N) is 4. The topological polar surface area (TPSA) is 185 Å². The molecule has 6 atom stereocenters. The van der Waals surface area contributed by atoms with Gasteiger partial charge in [0.2, 0.25) is 12.7 Å². The SMILES string of the molecule is CC(C)c1nc(CN(C)C(=O)N[C@H](C(=O)N[C@@H](Cc2ccccc2)C[C@H](O)[C@H](Cc2ccccc2)NC(=O)OCc2cncs2)C(C)C)cs1.Fc1ccc([C@@H]2CCNC[C@H]2COc2ccc3c(c2)OCO3)cc1. The maximum Gasteiger partial charge on any atom is 0.407 e. The number of hydrogen-bond acceptors (Lipinski definition) is 13. The fourth-order valence-corrected chi connectivity index (χ4v) is 10.1. The molecule has 1 fully saturated rings. The summed E-state index contributed by atoms with van der Waals surface area (Å²) in [5, 5.41) is 26.9. The van der Waals surface area contributed by atoms with Crippen molar-refractivity contribution >= 4 is 40.7 Å². The number of fused-ring (bicyclic) bond motifs is 1. The number of aliphatic hydroxyl groups is 1. The van der Waals surface area contributed by atoms with Crippen molar-refractivity contribution in [3.05, 3.63) is 158 Å². The third-order valence-corrected chi connectivity index (χ3v) is 14.8. The molecule has 4 amide bonds. The summed E-state index contributed by atoms with van der Waals surface area (Å²) >= 11 is 2.95. The number of benzene rings is 4. The van der Waals surface area contributed by atoms with Crippen LogP contribution >= 0.6 is 22.7 Å². The Bertz CT molecular complexity index is 2660. The van der Waals surface area contributed by atoms with E-state index in [9.17, 15) is 23.9 Å². The van der Waals surface area contributed by atoms with Gasteiger partial charge in [0, 0.05) is 49.1 Å². The molecule has 0 bridgehead atoms. The minimum absolute atomic E-state index is 0.0671. The fraction of sp³-hybridized carbons (Fsp3) is 0.411. The van der Waals surface area contributed by atoms with E-state index in [2.05, 4.69) is 45.1 Å². The van der Waals surface area contributed by atoms with Gasteiger partial charge in [0.15, 0.2) is 11.5 Å². The van der Waals surface area contributed by atoms with Crippen LogP contribution in [0.4, 0.5) is 14.0 Å². The first-order valence-electron chi connectivity index (χ1n) is 25.1. The molecule has 1 saturated heterocycles. The number of urea groups is 1. The number of hydrogen-bond donors (Lipinski definition) is 5. The number of carbonyl (C=O) groups is 3. The van der Waals surface area contributed by atoms with Gasteiger partial charge in [-0.15, -0.1) is 22.7 Å². The number of ether oxygens (including phenoxy) is 4. The lowest BCUT2D eigenvalue weighted by Crippen LogP contribution is -2.55. The second-order valence-electron chi connectivity index (χ2n) is 19.3. The predicted molar refractivity (Wildman–Crippen MR) is 285 cm³/mol. The van der Waals surface area contributed by atoms with Crippen molar-refractivity contribution in [3.63, 3.8) is 0 Å². The van der Waals surface area contributed by atoms with Crippen LogP contribution in [0.5, 0.6) is 17.2 Å². The van der Waals surface area contributed by atoms with Gasteiger partial charge in [-0.05, 0) is 85.0 Å². The van der Waals surface area contributed by atoms with E-state index in [1.807, 2.05) is 110 Å². The summed E-state index contributed by atoms with van der Waals surface area (Å²) in [7, 11) is 1.68. The Balaban J connectivity index is 0.000000275. The van der Waals surface area contributed by atoms with E-state index in [1.54, 1.807) is 30.1 Å². The fourth-order valence-electron chi connectivity index (χ4n) is 8.80. The highest BCUT2D eigenvalue weighted by molar-refractivity contribution is 7.09. The zero-order valence-electron chi connectivity index (χ0n) is 42.6. The third kappa shape index (κ3) is 16.7. The number of rotatable bonds is 21. The average molecular weight is 1050 g/mol. The van der Waals surface area contributed by atoms with Crippen LogP contribution in [0.15, 0.2) is 120 Å². The molecule has 18 heteroatoms. The molecule has 0 saturated carbocycles. The molecule has 2 aromatic heterocycles. The van der Waals surface area contributed by atoms with Crippen LogP contribution in [0.2, 0.25) is 0 Å². The van der Waals surface area contributed by atoms with Gasteiger partial charge >= 0.3 is 12.1 Å². The Labute approximate surface area is 441 Å². The van der Waals surface area contributed by atoms with Crippen LogP contribution in [-0.4, -0.2) is 95.8 Å². The quantitative estimate of drug-likeness (QED) is 0.0463. The Morgan fingerprint density at radius 3 is 2.28 bits per heavy atom. The van der Waals surface area contributed by atoms with Gasteiger partial charge in [0.05, 0.1) is 46.4 Å². The number of thiazole rings is 2. The lowest BCUT2D eigenvalue weighted by molar-refractivity contribution is -0.124. The molecule has 2 aliphatic rings. The molecule has 0 radical (unpaired) electrons. The Kier molecular flexibility index (Phi) is 20.6. The maximum atomic E-state index is 13.9. The van der Waals surface area contributed by atoms with Crippen molar-refractivity contribution in [3.8, 4) is 17.2 Å². The molecule has 6 aromatic rings. The summed E-state index contributed by atoms with van der Waals surface area (Å²) in [6.07, 6.45) is 1.86. The molecule has 4 heterocycles. The first-order chi connectivity index (χ1) is 35.8. The normalized spacial score (nSPS) is 16.5. The highest BCUT2D eigenvalue weighted by atomic mass is 32.1. The summed E-state index contributed by atoms with van der Waals surface area (Å²) in [4.78, 5) is 51.0. The third-order valence-electron chi connectivity index (χ3n) is 12.8. The van der Waals surface area contributed by atoms with Gasteiger partial charge in [-0.3, -0.25) is 9.78 Å². The van der Waals surface area contributed by atoms with E-state index in [4.69, 9.17) is 18.9 Å². The number of piperidine rings is 1. The van der Waals surface area contributed by atoms with E-state index in [0.29, 0.717) is 43.7 Å². The van der Waals surface area contributed by atoms with E-state index < -0.39 is 30.3 Å². The van der Waals surface area contributed by atoms with Crippen LogP contribution in [0.25, 0.3) is 0 Å². The van der Waals surface area contributed by atoms with Crippen LogP contribution in [0, 0.1) is 17.7 Å². The smallest absolute Gasteiger partial charge is 0.407 e. The zero-order chi connectivity index (χ0) is 52.4. The average Bonchev–Trinajstić information content (AvgIpc) is 4.21. The molecule has 0 spiro atoms. The van der Waals surface area contributed by atoms with Crippen LogP contribution < -0.4 is 35.5 Å². The minimum Gasteiger partial charge on any atom is -0.493 e. The number of carbonyl (C=O) groups excluding carboxylic acids is 3. The maximum absolute atomic E-state index is 13.9. The summed E-state index contributed by atoms with van der Waals surface area (Å²) in [6, 6.07) is 29.3. The Hall–Kier alpha value is -6.60. The van der Waals surface area contributed by atoms with Gasteiger partial charge in [-0.1, -0.05) is 100 Å². The van der Waals surface area contributed by atoms with Gasteiger partial charge in [0.1, 0.15) is 24.2 Å². The monoisotopic (exact) mass is 1050 g/mol. The summed E-state index contributed by atoms with van der Waals surface area (Å²) in [6.45, 7) is 11.0. The summed E-state index contributed by atoms with van der Waals surface area (Å²) < 4.78 is 35.3. The van der Waals surface area contributed by atoms with Crippen LogP contribution in [0.3, 0.4) is 0 Å². The second-order valence-corrected chi connectivity index (χ2v) is 21.1. The first kappa shape index (κ1) is 55.2. The number of alkyl carbamates (subject to hydrolysis) is 1. The van der Waals surface area contributed by atoms with Crippen LogP contribution in [0.1, 0.15) is 84.6 Å². The number of aliphatic hydroxyl groups excluding tert-OH is 1. The first-order valence-corrected chi connectivity index (χ1v) is 26.8. The minimum atomic E-state index is -1.05. The number of aromatic nitrogens is 2. The molecule has 8 rings (SSSR count). The number of halogens is 1. The van der Waals surface area contributed by atoms with Gasteiger partial charge in [-0.25, -0.2) is 19.0 Å². The van der Waals surface area contributed by atoms with Crippen molar-refractivity contribution in [2.45, 2.75) is 103 Å². The molecule has 74 heavy (non-hydrogen) atoms. The summed E-state index contributed by atoms with van der Waals surface area (Å²) in [5.41, 5.74) is 5.53. The van der Waals surface area contributed by atoms with E-state index in [-0.39, 0.29) is 43.5 Å². The highest BCUT2D eigenvalue weighted by Crippen LogP contribution is 2.36. The largest absolute Gasteiger partial charge is 0.493 e. The molecule has 4 aromatic carbocycles. The lowest BCUT2D eigenvalue weighted by Gasteiger charge is -2.32. The molecular weight excluding hydrogens is 982 g/mol. The Morgan fingerprint density at radius 2 is 1.61 bits per heavy atom. The summed E-state index contributed by atoms with van der Waals surface area (Å²) in [5.74, 6) is 2.51. The molecular formula is C56H68FN7O8S2. The van der Waals surface area contributed by atoms with Crippen molar-refractivity contribution in [2.75, 3.05) is 33.5 Å². The van der Waals surface area contributed by atoms with Crippen molar-refractivity contribution in [1.82, 2.24) is 36.1 Å². The zero-order valence-corrected chi connectivity index (χ0v) is 44.2. The molecule has 15 nitrogen and oxygen atoms in total. The van der Waals surface area contributed by atoms with E-state index in [1.165, 1.54) is 33.9 Å².